The molecule has 2 aliphatic heterocycles. The summed E-state index contributed by atoms with van der Waals surface area (Å²) < 4.78 is 5.23. The van der Waals surface area contributed by atoms with E-state index in [0.29, 0.717) is 38.9 Å². The molecule has 3 atom stereocenters. The molecule has 1 N–H and O–H groups in total. The lowest BCUT2D eigenvalue weighted by Gasteiger charge is -2.43. The summed E-state index contributed by atoms with van der Waals surface area (Å²) >= 11 is 0. The van der Waals surface area contributed by atoms with Gasteiger partial charge in [0.1, 0.15) is 5.75 Å². The molecule has 0 aromatic heterocycles. The first kappa shape index (κ1) is 23.4. The Morgan fingerprint density at radius 3 is 2.45 bits per heavy atom. The average molecular weight is 457 g/mol. The fraction of sp³-hybridized carbons (Fsp3) is 0.640. The quantitative estimate of drug-likeness (QED) is 0.638. The van der Waals surface area contributed by atoms with Gasteiger partial charge in [0.15, 0.2) is 0 Å². The van der Waals surface area contributed by atoms with E-state index in [9.17, 15) is 14.4 Å². The number of methoxy groups -OCH3 is 1. The van der Waals surface area contributed by atoms with Crippen molar-refractivity contribution in [3.63, 3.8) is 0 Å². The number of hydrogen-bond acceptors (Lipinski definition) is 5. The highest BCUT2D eigenvalue weighted by Crippen LogP contribution is 2.34. The topological polar surface area (TPSA) is 82.2 Å². The maximum Gasteiger partial charge on any atom is 0.324 e. The number of amides is 4. The second-order valence-electron chi connectivity index (χ2n) is 9.38. The van der Waals surface area contributed by atoms with Crippen LogP contribution in [-0.4, -0.2) is 73.5 Å². The van der Waals surface area contributed by atoms with E-state index in [1.807, 2.05) is 29.2 Å². The lowest BCUT2D eigenvalue weighted by Crippen LogP contribution is -2.62. The summed E-state index contributed by atoms with van der Waals surface area (Å²) in [6.45, 7) is 5.55. The van der Waals surface area contributed by atoms with Crippen molar-refractivity contribution in [3.8, 4) is 5.75 Å². The number of piperazine rings is 1. The van der Waals surface area contributed by atoms with Gasteiger partial charge in [-0.25, -0.2) is 4.79 Å². The number of anilines is 1. The zero-order chi connectivity index (χ0) is 23.4. The third-order valence-corrected chi connectivity index (χ3v) is 7.35. The van der Waals surface area contributed by atoms with Crippen LogP contribution in [-0.2, 0) is 9.59 Å². The minimum Gasteiger partial charge on any atom is -0.497 e. The molecule has 0 bridgehead atoms. The van der Waals surface area contributed by atoms with Gasteiger partial charge in [-0.1, -0.05) is 19.8 Å². The molecule has 4 rings (SSSR count). The molecule has 4 amide bonds. The van der Waals surface area contributed by atoms with Crippen LogP contribution >= 0.6 is 0 Å². The third kappa shape index (κ3) is 5.09. The van der Waals surface area contributed by atoms with Crippen LogP contribution in [0, 0.1) is 11.8 Å². The van der Waals surface area contributed by atoms with Gasteiger partial charge in [-0.3, -0.25) is 14.5 Å². The molecule has 180 valence electrons. The van der Waals surface area contributed by atoms with Gasteiger partial charge in [0, 0.05) is 50.4 Å². The summed E-state index contributed by atoms with van der Waals surface area (Å²) in [5, 5.41) is 3.03. The second-order valence-corrected chi connectivity index (χ2v) is 9.38. The molecule has 0 radical (unpaired) electrons. The van der Waals surface area contributed by atoms with Crippen molar-refractivity contribution in [1.82, 2.24) is 15.1 Å². The van der Waals surface area contributed by atoms with Crippen molar-refractivity contribution < 1.29 is 19.1 Å². The van der Waals surface area contributed by atoms with Crippen LogP contribution in [0.5, 0.6) is 5.75 Å². The van der Waals surface area contributed by atoms with Crippen LogP contribution in [0.4, 0.5) is 10.5 Å². The van der Waals surface area contributed by atoms with E-state index in [2.05, 4.69) is 17.1 Å². The highest BCUT2D eigenvalue weighted by molar-refractivity contribution is 5.99. The van der Waals surface area contributed by atoms with Crippen LogP contribution in [0.1, 0.15) is 45.4 Å². The second kappa shape index (κ2) is 10.4. The number of carbonyl (C=O) groups is 3. The van der Waals surface area contributed by atoms with Crippen LogP contribution in [0.2, 0.25) is 0 Å². The van der Waals surface area contributed by atoms with Crippen molar-refractivity contribution in [2.24, 2.45) is 11.8 Å². The Morgan fingerprint density at radius 1 is 1.06 bits per heavy atom. The van der Waals surface area contributed by atoms with Gasteiger partial charge in [0.25, 0.3) is 0 Å². The maximum absolute atomic E-state index is 13.2. The number of nitrogens with zero attached hydrogens (tertiary/aromatic N) is 3. The molecule has 3 aliphatic rings. The first-order valence-electron chi connectivity index (χ1n) is 12.3. The molecule has 1 aromatic carbocycles. The third-order valence-electron chi connectivity index (χ3n) is 7.35. The minimum atomic E-state index is -0.293. The molecule has 3 fully saturated rings. The number of carbonyl (C=O) groups excluding carboxylic acids is 3. The Bertz CT molecular complexity index is 850. The molecule has 1 saturated carbocycles. The number of rotatable bonds is 7. The van der Waals surface area contributed by atoms with E-state index in [1.165, 1.54) is 4.90 Å². The first-order valence-corrected chi connectivity index (χ1v) is 12.3. The summed E-state index contributed by atoms with van der Waals surface area (Å²) in [5.74, 6) is 0.619. The molecule has 3 unspecified atom stereocenters. The molecular formula is C25H36N4O4. The number of imide groups is 1. The maximum atomic E-state index is 13.2. The van der Waals surface area contributed by atoms with Crippen molar-refractivity contribution in [2.75, 3.05) is 44.7 Å². The van der Waals surface area contributed by atoms with E-state index in [0.717, 1.165) is 43.8 Å². The Balaban J connectivity index is 1.29. The zero-order valence-electron chi connectivity index (χ0n) is 19.8. The number of urea groups is 1. The number of nitrogens with one attached hydrogen (secondary N) is 1. The van der Waals surface area contributed by atoms with Gasteiger partial charge < -0.3 is 19.9 Å². The normalized spacial score (nSPS) is 25.5. The summed E-state index contributed by atoms with van der Waals surface area (Å²) in [6.07, 6.45) is 4.83. The zero-order valence-corrected chi connectivity index (χ0v) is 19.8. The smallest absolute Gasteiger partial charge is 0.324 e. The number of hydrogen-bond donors (Lipinski definition) is 1. The summed E-state index contributed by atoms with van der Waals surface area (Å²) in [6, 6.07) is 7.48. The fourth-order valence-electron chi connectivity index (χ4n) is 5.35. The Morgan fingerprint density at radius 2 is 1.79 bits per heavy atom. The summed E-state index contributed by atoms with van der Waals surface area (Å²) in [4.78, 5) is 44.3. The van der Waals surface area contributed by atoms with Gasteiger partial charge in [-0.2, -0.15) is 0 Å². The highest BCUT2D eigenvalue weighted by atomic mass is 16.5. The Labute approximate surface area is 196 Å². The molecule has 33 heavy (non-hydrogen) atoms. The van der Waals surface area contributed by atoms with Crippen molar-refractivity contribution in [2.45, 2.75) is 51.5 Å². The molecule has 0 spiro atoms. The predicted octanol–water partition coefficient (Wildman–Crippen LogP) is 2.87. The molecule has 1 aliphatic carbocycles. The predicted molar refractivity (Wildman–Crippen MR) is 126 cm³/mol. The van der Waals surface area contributed by atoms with Crippen molar-refractivity contribution >= 4 is 23.5 Å². The van der Waals surface area contributed by atoms with E-state index >= 15 is 0 Å². The standard InChI is InChI=1S/C25H36N4O4/c1-3-4-5-12-29-24(31)21-11-6-18(17-22(21)26-25(29)32)23(30)28-15-13-27(14-16-28)19-7-9-20(33-2)10-8-19/h7-10,18,21-22H,3-6,11-17H2,1-2H3,(H,26,32). The van der Waals surface area contributed by atoms with Gasteiger partial charge >= 0.3 is 6.03 Å². The van der Waals surface area contributed by atoms with Gasteiger partial charge in [0.2, 0.25) is 11.8 Å². The van der Waals surface area contributed by atoms with Crippen LogP contribution in [0.3, 0.4) is 0 Å². The van der Waals surface area contributed by atoms with Crippen LogP contribution in [0.25, 0.3) is 0 Å². The lowest BCUT2D eigenvalue weighted by molar-refractivity contribution is -0.142. The lowest BCUT2D eigenvalue weighted by atomic mass is 9.76. The summed E-state index contributed by atoms with van der Waals surface area (Å²) in [7, 11) is 1.66. The fourth-order valence-corrected chi connectivity index (χ4v) is 5.35. The Kier molecular flexibility index (Phi) is 7.40. The molecule has 8 heteroatoms. The molecule has 2 saturated heterocycles. The molecular weight excluding hydrogens is 420 g/mol. The van der Waals surface area contributed by atoms with Crippen LogP contribution < -0.4 is 15.0 Å². The largest absolute Gasteiger partial charge is 0.497 e. The van der Waals surface area contributed by atoms with Crippen molar-refractivity contribution in [3.05, 3.63) is 24.3 Å². The van der Waals surface area contributed by atoms with E-state index in [4.69, 9.17) is 4.74 Å². The molecule has 1 aromatic rings. The average Bonchev–Trinajstić information content (AvgIpc) is 2.85. The first-order chi connectivity index (χ1) is 16.0. The van der Waals surface area contributed by atoms with Gasteiger partial charge in [-0.05, 0) is 49.9 Å². The van der Waals surface area contributed by atoms with E-state index in [-0.39, 0.29) is 35.7 Å². The van der Waals surface area contributed by atoms with Gasteiger partial charge in [-0.15, -0.1) is 0 Å². The van der Waals surface area contributed by atoms with Gasteiger partial charge in [0.05, 0.1) is 13.0 Å². The van der Waals surface area contributed by atoms with Crippen molar-refractivity contribution in [1.29, 1.82) is 0 Å². The monoisotopic (exact) mass is 456 g/mol. The van der Waals surface area contributed by atoms with Crippen LogP contribution in [0.15, 0.2) is 24.3 Å². The minimum absolute atomic E-state index is 0.0566. The Hall–Kier alpha value is -2.77. The summed E-state index contributed by atoms with van der Waals surface area (Å²) in [5.41, 5.74) is 1.13. The number of ether oxygens (including phenoxy) is 1. The SMILES string of the molecule is CCCCCN1C(=O)NC2CC(C(=O)N3CCN(c4ccc(OC)cc4)CC3)CCC2C1=O. The van der Waals surface area contributed by atoms with E-state index in [1.54, 1.807) is 7.11 Å². The molecule has 8 nitrogen and oxygen atoms in total. The number of fused-ring (bicyclic) bond motifs is 1. The van der Waals surface area contributed by atoms with E-state index < -0.39 is 0 Å². The highest BCUT2D eigenvalue weighted by Gasteiger charge is 2.45. The number of unbranched alkanes of at least 4 members (excludes halogenated alkanes) is 2. The number of benzene rings is 1. The molecule has 2 heterocycles.